The van der Waals surface area contributed by atoms with E-state index in [1.54, 1.807) is 23.1 Å². The summed E-state index contributed by atoms with van der Waals surface area (Å²) in [7, 11) is 0. The van der Waals surface area contributed by atoms with Gasteiger partial charge in [0.05, 0.1) is 6.54 Å². The number of amides is 2. The summed E-state index contributed by atoms with van der Waals surface area (Å²) in [6.45, 7) is 7.48. The molecule has 1 atom stereocenters. The zero-order valence-electron chi connectivity index (χ0n) is 22.6. The van der Waals surface area contributed by atoms with Crippen LogP contribution in [0.25, 0.3) is 0 Å². The molecule has 7 heteroatoms. The lowest BCUT2D eigenvalue weighted by molar-refractivity contribution is -0.126. The molecule has 6 rings (SSSR count). The minimum Gasteiger partial charge on any atom is -0.489 e. The van der Waals surface area contributed by atoms with Crippen molar-refractivity contribution >= 4 is 11.8 Å². The van der Waals surface area contributed by atoms with E-state index in [1.165, 1.54) is 11.6 Å². The average Bonchev–Trinajstić information content (AvgIpc) is 3.29. The lowest BCUT2D eigenvalue weighted by Crippen LogP contribution is -2.49. The van der Waals surface area contributed by atoms with Gasteiger partial charge in [-0.3, -0.25) is 14.5 Å². The summed E-state index contributed by atoms with van der Waals surface area (Å²) in [6.07, 6.45) is 3.33. The molecule has 1 N–H and O–H groups in total. The number of hydrogen-bond donors (Lipinski definition) is 1. The Hall–Kier alpha value is -3.97. The van der Waals surface area contributed by atoms with Gasteiger partial charge in [0, 0.05) is 23.4 Å². The van der Waals surface area contributed by atoms with Gasteiger partial charge in [-0.05, 0) is 85.6 Å². The van der Waals surface area contributed by atoms with Gasteiger partial charge in [-0.2, -0.15) is 0 Å². The molecule has 0 bridgehead atoms. The van der Waals surface area contributed by atoms with Crippen LogP contribution in [0.15, 0.2) is 79.0 Å². The molecule has 206 valence electrons. The summed E-state index contributed by atoms with van der Waals surface area (Å²) in [5.41, 5.74) is 5.55. The largest absolute Gasteiger partial charge is 0.489 e. The van der Waals surface area contributed by atoms with Gasteiger partial charge in [0.25, 0.3) is 5.91 Å². The summed E-state index contributed by atoms with van der Waals surface area (Å²) in [5.74, 6) is 0.650. The quantitative estimate of drug-likeness (QED) is 0.429. The number of rotatable bonds is 7. The number of allylic oxidation sites excluding steroid dienone is 1. The van der Waals surface area contributed by atoms with Gasteiger partial charge in [-0.15, -0.1) is 0 Å². The van der Waals surface area contributed by atoms with E-state index < -0.39 is 6.04 Å². The van der Waals surface area contributed by atoms with Crippen molar-refractivity contribution in [2.45, 2.75) is 57.3 Å². The normalized spacial score (nSPS) is 20.0. The summed E-state index contributed by atoms with van der Waals surface area (Å²) in [6, 6.07) is 20.5. The molecule has 0 aromatic heterocycles. The molecule has 2 fully saturated rings. The Kier molecular flexibility index (Phi) is 7.39. The van der Waals surface area contributed by atoms with Crippen LogP contribution in [0, 0.1) is 5.82 Å². The Morgan fingerprint density at radius 2 is 1.70 bits per heavy atom. The fraction of sp³-hybridized carbons (Fsp3) is 0.333. The number of likely N-dealkylation sites (tertiary alicyclic amines) is 1. The molecule has 2 saturated heterocycles. The number of carbonyl (C=O) groups is 2. The molecule has 3 aromatic rings. The highest BCUT2D eigenvalue weighted by molar-refractivity contribution is 6.02. The summed E-state index contributed by atoms with van der Waals surface area (Å²) < 4.78 is 19.8. The van der Waals surface area contributed by atoms with Crippen molar-refractivity contribution in [3.63, 3.8) is 0 Å². The predicted molar refractivity (Wildman–Crippen MR) is 151 cm³/mol. The van der Waals surface area contributed by atoms with Crippen molar-refractivity contribution < 1.29 is 18.7 Å². The Bertz CT molecular complexity index is 1430. The average molecular weight is 540 g/mol. The molecule has 3 aliphatic rings. The van der Waals surface area contributed by atoms with Gasteiger partial charge in [0.1, 0.15) is 24.2 Å². The van der Waals surface area contributed by atoms with Crippen LogP contribution in [0.5, 0.6) is 5.75 Å². The van der Waals surface area contributed by atoms with E-state index in [2.05, 4.69) is 41.1 Å². The molecular weight excluding hydrogens is 505 g/mol. The zero-order valence-corrected chi connectivity index (χ0v) is 22.6. The number of benzene rings is 3. The van der Waals surface area contributed by atoms with E-state index in [-0.39, 0.29) is 17.6 Å². The Balaban J connectivity index is 1.03. The summed E-state index contributed by atoms with van der Waals surface area (Å²) in [5, 5.41) is 2.78. The predicted octanol–water partition coefficient (Wildman–Crippen LogP) is 5.53. The number of carbonyl (C=O) groups excluding carboxylic acids is 2. The third-order valence-corrected chi connectivity index (χ3v) is 8.38. The van der Waals surface area contributed by atoms with Gasteiger partial charge in [0.15, 0.2) is 0 Å². The minimum absolute atomic E-state index is 0.127. The van der Waals surface area contributed by atoms with E-state index >= 15 is 0 Å². The fourth-order valence-corrected chi connectivity index (χ4v) is 6.12. The summed E-state index contributed by atoms with van der Waals surface area (Å²) >= 11 is 0. The van der Waals surface area contributed by atoms with E-state index in [9.17, 15) is 14.0 Å². The van der Waals surface area contributed by atoms with Gasteiger partial charge in [-0.25, -0.2) is 4.39 Å². The van der Waals surface area contributed by atoms with Gasteiger partial charge >= 0.3 is 0 Å². The molecule has 3 aromatic carbocycles. The molecule has 0 aliphatic carbocycles. The maximum atomic E-state index is 13.6. The van der Waals surface area contributed by atoms with Gasteiger partial charge in [0.2, 0.25) is 5.91 Å². The lowest BCUT2D eigenvalue weighted by Gasteiger charge is -2.32. The first-order valence-electron chi connectivity index (χ1n) is 14.0. The fourth-order valence-electron chi connectivity index (χ4n) is 6.12. The number of ether oxygens (including phenoxy) is 1. The van der Waals surface area contributed by atoms with Crippen LogP contribution >= 0.6 is 0 Å². The number of fused-ring (bicyclic) bond motifs is 1. The number of hydrogen-bond acceptors (Lipinski definition) is 4. The minimum atomic E-state index is -0.488. The first kappa shape index (κ1) is 26.3. The van der Waals surface area contributed by atoms with Crippen molar-refractivity contribution in [2.24, 2.45) is 0 Å². The number of halogens is 1. The Morgan fingerprint density at radius 3 is 2.45 bits per heavy atom. The van der Waals surface area contributed by atoms with Crippen molar-refractivity contribution in [3.8, 4) is 5.75 Å². The zero-order chi connectivity index (χ0) is 27.6. The molecule has 0 radical (unpaired) electrons. The van der Waals surface area contributed by atoms with Crippen LogP contribution in [0.1, 0.15) is 64.2 Å². The molecule has 6 nitrogen and oxygen atoms in total. The van der Waals surface area contributed by atoms with Gasteiger partial charge < -0.3 is 15.0 Å². The maximum Gasteiger partial charge on any atom is 0.255 e. The van der Waals surface area contributed by atoms with Crippen molar-refractivity contribution in [2.75, 3.05) is 13.1 Å². The van der Waals surface area contributed by atoms with E-state index in [0.29, 0.717) is 48.9 Å². The SMILES string of the molecule is C=C1CCC(N2Cc3c(OCc4ccc(CN5CCC(c6cccc(F)c6)CC5)cc4)cccc3C2=O)C(=O)N1. The lowest BCUT2D eigenvalue weighted by atomic mass is 9.89. The Labute approximate surface area is 234 Å². The number of nitrogens with one attached hydrogen (secondary N) is 1. The van der Waals surface area contributed by atoms with Crippen LogP contribution in [0.3, 0.4) is 0 Å². The molecule has 0 saturated carbocycles. The van der Waals surface area contributed by atoms with Crippen LogP contribution in [0.4, 0.5) is 4.39 Å². The van der Waals surface area contributed by atoms with Crippen molar-refractivity contribution in [1.29, 1.82) is 0 Å². The highest BCUT2D eigenvalue weighted by Crippen LogP contribution is 2.34. The first-order chi connectivity index (χ1) is 19.4. The molecule has 40 heavy (non-hydrogen) atoms. The Morgan fingerprint density at radius 1 is 0.950 bits per heavy atom. The van der Waals surface area contributed by atoms with Crippen molar-refractivity contribution in [1.82, 2.24) is 15.1 Å². The highest BCUT2D eigenvalue weighted by Gasteiger charge is 2.39. The van der Waals surface area contributed by atoms with E-state index in [0.717, 1.165) is 49.2 Å². The summed E-state index contributed by atoms with van der Waals surface area (Å²) in [4.78, 5) is 29.7. The van der Waals surface area contributed by atoms with Crippen LogP contribution in [0.2, 0.25) is 0 Å². The van der Waals surface area contributed by atoms with Crippen LogP contribution in [-0.4, -0.2) is 40.7 Å². The number of piperidine rings is 2. The second kappa shape index (κ2) is 11.3. The molecule has 1 unspecified atom stereocenters. The molecule has 0 spiro atoms. The smallest absolute Gasteiger partial charge is 0.255 e. The topological polar surface area (TPSA) is 61.9 Å². The third kappa shape index (κ3) is 5.52. The monoisotopic (exact) mass is 539 g/mol. The van der Waals surface area contributed by atoms with Crippen LogP contribution < -0.4 is 10.1 Å². The van der Waals surface area contributed by atoms with E-state index in [4.69, 9.17) is 4.74 Å². The second-order valence-electron chi connectivity index (χ2n) is 11.1. The molecule has 3 heterocycles. The van der Waals surface area contributed by atoms with E-state index in [1.807, 2.05) is 18.2 Å². The maximum absolute atomic E-state index is 13.6. The highest BCUT2D eigenvalue weighted by atomic mass is 19.1. The third-order valence-electron chi connectivity index (χ3n) is 8.38. The standard InChI is InChI=1S/C33H34FN3O3/c1-22-8-13-30(32(38)35-22)37-20-29-28(33(37)39)6-3-7-31(29)40-21-24-11-9-23(10-12-24)19-36-16-14-25(15-17-36)26-4-2-5-27(34)18-26/h2-7,9-12,18,25,30H,1,8,13-17,19-21H2,(H,35,38). The molecule has 3 aliphatic heterocycles. The number of nitrogens with zero attached hydrogens (tertiary/aromatic N) is 2. The van der Waals surface area contributed by atoms with Crippen LogP contribution in [-0.2, 0) is 24.5 Å². The van der Waals surface area contributed by atoms with Crippen molar-refractivity contribution in [3.05, 3.63) is 113 Å². The second-order valence-corrected chi connectivity index (χ2v) is 11.1. The van der Waals surface area contributed by atoms with Gasteiger partial charge in [-0.1, -0.05) is 49.0 Å². The molecular formula is C33H34FN3O3. The first-order valence-corrected chi connectivity index (χ1v) is 14.0. The molecule has 2 amide bonds.